The number of hydrogen-bond acceptors (Lipinski definition) is 3. The topological polar surface area (TPSA) is 41.5 Å². The molecule has 15 heavy (non-hydrogen) atoms. The minimum atomic E-state index is 0.159. The van der Waals surface area contributed by atoms with E-state index in [4.69, 9.17) is 4.74 Å². The maximum absolute atomic E-state index is 9.58. The molecule has 2 N–H and O–H groups in total. The fraction of sp³-hybridized carbons (Fsp3) is 0.333. The second-order valence-corrected chi connectivity index (χ2v) is 3.04. The van der Waals surface area contributed by atoms with Crippen LogP contribution in [0, 0.1) is 11.8 Å². The molecule has 0 unspecified atom stereocenters. The van der Waals surface area contributed by atoms with Crippen LogP contribution in [-0.2, 0) is 0 Å². The average Bonchev–Trinajstić information content (AvgIpc) is 2.26. The van der Waals surface area contributed by atoms with Gasteiger partial charge in [0, 0.05) is 19.0 Å². The number of nitrogens with one attached hydrogen (secondary N) is 1. The van der Waals surface area contributed by atoms with Gasteiger partial charge in [0.2, 0.25) is 0 Å². The third kappa shape index (κ3) is 3.53. The Morgan fingerprint density at radius 1 is 1.47 bits per heavy atom. The number of phenolic OH excluding ortho intramolecular Hbond substituents is 1. The molecule has 0 heterocycles. The lowest BCUT2D eigenvalue weighted by Crippen LogP contribution is -2.05. The van der Waals surface area contributed by atoms with Crippen molar-refractivity contribution in [2.75, 3.05) is 20.7 Å². The minimum Gasteiger partial charge on any atom is -0.507 e. The number of methoxy groups -OCH3 is 1. The quantitative estimate of drug-likeness (QED) is 0.578. The van der Waals surface area contributed by atoms with Crippen molar-refractivity contribution >= 4 is 0 Å². The SMILES string of the molecule is CNCCC#Cc1ccc(OC)cc1O. The minimum absolute atomic E-state index is 0.159. The van der Waals surface area contributed by atoms with Crippen molar-refractivity contribution in [2.45, 2.75) is 6.42 Å². The van der Waals surface area contributed by atoms with E-state index in [1.165, 1.54) is 0 Å². The van der Waals surface area contributed by atoms with E-state index in [1.807, 2.05) is 7.05 Å². The molecule has 3 nitrogen and oxygen atoms in total. The molecule has 0 radical (unpaired) electrons. The van der Waals surface area contributed by atoms with Crippen molar-refractivity contribution in [2.24, 2.45) is 0 Å². The first-order valence-corrected chi connectivity index (χ1v) is 4.78. The van der Waals surface area contributed by atoms with E-state index >= 15 is 0 Å². The Labute approximate surface area is 90.1 Å². The van der Waals surface area contributed by atoms with Gasteiger partial charge in [0.05, 0.1) is 12.7 Å². The van der Waals surface area contributed by atoms with Gasteiger partial charge >= 0.3 is 0 Å². The number of aromatic hydroxyl groups is 1. The van der Waals surface area contributed by atoms with Crippen molar-refractivity contribution in [1.82, 2.24) is 5.32 Å². The van der Waals surface area contributed by atoms with Crippen LogP contribution in [0.1, 0.15) is 12.0 Å². The van der Waals surface area contributed by atoms with Gasteiger partial charge in [-0.15, -0.1) is 0 Å². The molecule has 1 aromatic rings. The van der Waals surface area contributed by atoms with E-state index in [0.29, 0.717) is 11.3 Å². The summed E-state index contributed by atoms with van der Waals surface area (Å²) < 4.78 is 4.97. The van der Waals surface area contributed by atoms with Gasteiger partial charge < -0.3 is 15.2 Å². The number of phenols is 1. The molecule has 0 aliphatic heterocycles. The number of benzene rings is 1. The second kappa shape index (κ2) is 5.94. The van der Waals surface area contributed by atoms with Crippen LogP contribution in [0.2, 0.25) is 0 Å². The van der Waals surface area contributed by atoms with Crippen LogP contribution in [0.3, 0.4) is 0 Å². The van der Waals surface area contributed by atoms with Crippen LogP contribution in [0.25, 0.3) is 0 Å². The first kappa shape index (κ1) is 11.4. The molecule has 0 saturated heterocycles. The lowest BCUT2D eigenvalue weighted by Gasteiger charge is -2.01. The van der Waals surface area contributed by atoms with Crippen molar-refractivity contribution in [3.8, 4) is 23.3 Å². The van der Waals surface area contributed by atoms with E-state index in [1.54, 1.807) is 25.3 Å². The molecule has 0 saturated carbocycles. The highest BCUT2D eigenvalue weighted by molar-refractivity contribution is 5.48. The van der Waals surface area contributed by atoms with Crippen molar-refractivity contribution < 1.29 is 9.84 Å². The molecule has 0 fully saturated rings. The zero-order valence-electron chi connectivity index (χ0n) is 9.00. The third-order valence-electron chi connectivity index (χ3n) is 1.93. The van der Waals surface area contributed by atoms with Gasteiger partial charge in [0.25, 0.3) is 0 Å². The largest absolute Gasteiger partial charge is 0.507 e. The molecule has 0 atom stereocenters. The Bertz CT molecular complexity index is 377. The summed E-state index contributed by atoms with van der Waals surface area (Å²) in [5, 5.41) is 12.6. The van der Waals surface area contributed by atoms with E-state index < -0.39 is 0 Å². The van der Waals surface area contributed by atoms with Gasteiger partial charge in [-0.05, 0) is 19.2 Å². The normalized spacial score (nSPS) is 9.20. The van der Waals surface area contributed by atoms with Gasteiger partial charge in [-0.25, -0.2) is 0 Å². The van der Waals surface area contributed by atoms with Crippen LogP contribution >= 0.6 is 0 Å². The van der Waals surface area contributed by atoms with E-state index in [-0.39, 0.29) is 5.75 Å². The van der Waals surface area contributed by atoms with Crippen molar-refractivity contribution in [3.05, 3.63) is 23.8 Å². The van der Waals surface area contributed by atoms with Crippen LogP contribution in [-0.4, -0.2) is 25.8 Å². The number of rotatable bonds is 3. The Kier molecular flexibility index (Phi) is 4.52. The molecule has 0 bridgehead atoms. The smallest absolute Gasteiger partial charge is 0.134 e. The van der Waals surface area contributed by atoms with Crippen LogP contribution < -0.4 is 10.1 Å². The Hall–Kier alpha value is -1.66. The Morgan fingerprint density at radius 2 is 2.27 bits per heavy atom. The summed E-state index contributed by atoms with van der Waals surface area (Å²) in [6, 6.07) is 5.09. The average molecular weight is 205 g/mol. The van der Waals surface area contributed by atoms with Crippen LogP contribution in [0.5, 0.6) is 11.5 Å². The highest BCUT2D eigenvalue weighted by atomic mass is 16.5. The maximum atomic E-state index is 9.58. The van der Waals surface area contributed by atoms with Gasteiger partial charge in [-0.1, -0.05) is 11.8 Å². The highest BCUT2D eigenvalue weighted by Crippen LogP contribution is 2.22. The second-order valence-electron chi connectivity index (χ2n) is 3.04. The molecule has 0 aliphatic carbocycles. The van der Waals surface area contributed by atoms with Gasteiger partial charge in [0.15, 0.2) is 0 Å². The van der Waals surface area contributed by atoms with Gasteiger partial charge in [0.1, 0.15) is 11.5 Å². The molecule has 1 aromatic carbocycles. The molecule has 0 aliphatic rings. The molecule has 1 rings (SSSR count). The maximum Gasteiger partial charge on any atom is 0.134 e. The molecule has 80 valence electrons. The summed E-state index contributed by atoms with van der Waals surface area (Å²) in [4.78, 5) is 0. The summed E-state index contributed by atoms with van der Waals surface area (Å²) >= 11 is 0. The van der Waals surface area contributed by atoms with Crippen molar-refractivity contribution in [1.29, 1.82) is 0 Å². The summed E-state index contributed by atoms with van der Waals surface area (Å²) in [5.41, 5.74) is 0.631. The summed E-state index contributed by atoms with van der Waals surface area (Å²) in [6.45, 7) is 0.851. The highest BCUT2D eigenvalue weighted by Gasteiger charge is 1.99. The molecule has 3 heteroatoms. The lowest BCUT2D eigenvalue weighted by molar-refractivity contribution is 0.407. The Balaban J connectivity index is 2.72. The first-order valence-electron chi connectivity index (χ1n) is 4.78. The van der Waals surface area contributed by atoms with Crippen LogP contribution in [0.4, 0.5) is 0 Å². The zero-order valence-corrected chi connectivity index (χ0v) is 9.00. The predicted octanol–water partition coefficient (Wildman–Crippen LogP) is 1.36. The monoisotopic (exact) mass is 205 g/mol. The fourth-order valence-corrected chi connectivity index (χ4v) is 1.09. The fourth-order valence-electron chi connectivity index (χ4n) is 1.09. The molecule has 0 amide bonds. The Morgan fingerprint density at radius 3 is 2.87 bits per heavy atom. The summed E-state index contributed by atoms with van der Waals surface area (Å²) in [5.74, 6) is 6.66. The lowest BCUT2D eigenvalue weighted by atomic mass is 10.2. The molecule has 0 aromatic heterocycles. The standard InChI is InChI=1S/C12H15NO2/c1-13-8-4-3-5-10-6-7-11(15-2)9-12(10)14/h6-7,9,13-14H,4,8H2,1-2H3. The summed E-state index contributed by atoms with van der Waals surface area (Å²) in [7, 11) is 3.44. The van der Waals surface area contributed by atoms with E-state index in [0.717, 1.165) is 13.0 Å². The third-order valence-corrected chi connectivity index (χ3v) is 1.93. The number of ether oxygens (including phenoxy) is 1. The number of hydrogen-bond donors (Lipinski definition) is 2. The molecule has 0 spiro atoms. The van der Waals surface area contributed by atoms with Gasteiger partial charge in [-0.2, -0.15) is 0 Å². The van der Waals surface area contributed by atoms with E-state index in [9.17, 15) is 5.11 Å². The van der Waals surface area contributed by atoms with Gasteiger partial charge in [-0.3, -0.25) is 0 Å². The van der Waals surface area contributed by atoms with Crippen molar-refractivity contribution in [3.63, 3.8) is 0 Å². The predicted molar refractivity (Wildman–Crippen MR) is 60.1 cm³/mol. The molecular formula is C12H15NO2. The molecular weight excluding hydrogens is 190 g/mol. The summed E-state index contributed by atoms with van der Waals surface area (Å²) in [6.07, 6.45) is 0.766. The first-order chi connectivity index (χ1) is 7.27. The van der Waals surface area contributed by atoms with E-state index in [2.05, 4.69) is 17.2 Å². The van der Waals surface area contributed by atoms with Crippen LogP contribution in [0.15, 0.2) is 18.2 Å². The zero-order chi connectivity index (χ0) is 11.1.